The number of nitrogens with zero attached hydrogens (tertiary/aromatic N) is 2. The lowest BCUT2D eigenvalue weighted by Crippen LogP contribution is -2.53. The molecule has 1 saturated heterocycles. The van der Waals surface area contributed by atoms with Gasteiger partial charge in [0.05, 0.1) is 31.9 Å². The van der Waals surface area contributed by atoms with Crippen molar-refractivity contribution >= 4 is 5.91 Å². The highest BCUT2D eigenvalue weighted by Crippen LogP contribution is 2.28. The van der Waals surface area contributed by atoms with Gasteiger partial charge in [-0.15, -0.1) is 0 Å². The maximum Gasteiger partial charge on any atom is 0.235 e. The van der Waals surface area contributed by atoms with Gasteiger partial charge in [0.25, 0.3) is 0 Å². The van der Waals surface area contributed by atoms with Crippen LogP contribution in [-0.2, 0) is 9.53 Å². The smallest absolute Gasteiger partial charge is 0.235 e. The van der Waals surface area contributed by atoms with Crippen LogP contribution < -0.4 is 5.32 Å². The molecule has 1 aliphatic heterocycles. The van der Waals surface area contributed by atoms with Gasteiger partial charge in [-0.05, 0) is 18.4 Å². The number of ether oxygens (including phenoxy) is 1. The number of nitriles is 1. The van der Waals surface area contributed by atoms with Crippen molar-refractivity contribution in [3.8, 4) is 6.07 Å². The zero-order valence-electron chi connectivity index (χ0n) is 14.0. The van der Waals surface area contributed by atoms with E-state index in [1.165, 1.54) is 0 Å². The molecule has 1 aromatic carbocycles. The zero-order chi connectivity index (χ0) is 16.8. The van der Waals surface area contributed by atoms with E-state index in [1.54, 1.807) is 0 Å². The van der Waals surface area contributed by atoms with Crippen LogP contribution >= 0.6 is 0 Å². The van der Waals surface area contributed by atoms with Crippen LogP contribution in [0.3, 0.4) is 0 Å². The molecule has 1 saturated carbocycles. The summed E-state index contributed by atoms with van der Waals surface area (Å²) in [5, 5.41) is 12.5. The summed E-state index contributed by atoms with van der Waals surface area (Å²) in [6.45, 7) is 2.28. The fraction of sp³-hybridized carbons (Fsp3) is 0.579. The molecule has 5 nitrogen and oxygen atoms in total. The molecule has 2 aliphatic rings. The van der Waals surface area contributed by atoms with Crippen LogP contribution in [0.1, 0.15) is 43.7 Å². The summed E-state index contributed by atoms with van der Waals surface area (Å²) >= 11 is 0. The number of hydrogen-bond acceptors (Lipinski definition) is 4. The van der Waals surface area contributed by atoms with Gasteiger partial charge >= 0.3 is 0 Å². The first-order chi connectivity index (χ1) is 11.7. The third-order valence-corrected chi connectivity index (χ3v) is 5.07. The second-order valence-electron chi connectivity index (χ2n) is 6.77. The summed E-state index contributed by atoms with van der Waals surface area (Å²) < 4.78 is 5.61. The molecule has 1 N–H and O–H groups in total. The van der Waals surface area contributed by atoms with E-state index in [0.717, 1.165) is 44.2 Å². The average Bonchev–Trinajstić information content (AvgIpc) is 2.63. The monoisotopic (exact) mass is 327 g/mol. The minimum absolute atomic E-state index is 0.0544. The first-order valence-corrected chi connectivity index (χ1v) is 8.81. The molecule has 3 rings (SSSR count). The highest BCUT2D eigenvalue weighted by molar-refractivity contribution is 5.79. The Bertz CT molecular complexity index is 590. The molecule has 0 radical (unpaired) electrons. The van der Waals surface area contributed by atoms with Gasteiger partial charge in [0, 0.05) is 6.54 Å². The first kappa shape index (κ1) is 16.9. The van der Waals surface area contributed by atoms with Crippen LogP contribution in [-0.4, -0.2) is 42.6 Å². The Hall–Kier alpha value is -1.90. The molecule has 1 atom stereocenters. The molecule has 1 amide bonds. The third-order valence-electron chi connectivity index (χ3n) is 5.07. The lowest BCUT2D eigenvalue weighted by Gasteiger charge is -2.37. The van der Waals surface area contributed by atoms with Crippen LogP contribution in [0.2, 0.25) is 0 Å². The fourth-order valence-corrected chi connectivity index (χ4v) is 3.72. The summed E-state index contributed by atoms with van der Waals surface area (Å²) in [7, 11) is 0. The van der Waals surface area contributed by atoms with Gasteiger partial charge in [-0.3, -0.25) is 9.69 Å². The van der Waals surface area contributed by atoms with Crippen molar-refractivity contribution in [1.82, 2.24) is 10.2 Å². The summed E-state index contributed by atoms with van der Waals surface area (Å²) in [6.07, 6.45) is 4.70. The van der Waals surface area contributed by atoms with E-state index in [0.29, 0.717) is 19.8 Å². The van der Waals surface area contributed by atoms with Crippen molar-refractivity contribution in [3.05, 3.63) is 35.9 Å². The van der Waals surface area contributed by atoms with E-state index in [2.05, 4.69) is 28.4 Å². The Morgan fingerprint density at radius 2 is 2.04 bits per heavy atom. The van der Waals surface area contributed by atoms with Crippen LogP contribution in [0.15, 0.2) is 30.3 Å². The van der Waals surface area contributed by atoms with Gasteiger partial charge in [-0.1, -0.05) is 49.6 Å². The number of morpholine rings is 1. The Morgan fingerprint density at radius 3 is 2.75 bits per heavy atom. The minimum Gasteiger partial charge on any atom is -0.378 e. The largest absolute Gasteiger partial charge is 0.378 e. The Balaban J connectivity index is 1.64. The highest BCUT2D eigenvalue weighted by atomic mass is 16.5. The Labute approximate surface area is 143 Å². The number of benzene rings is 1. The first-order valence-electron chi connectivity index (χ1n) is 8.81. The molecule has 1 heterocycles. The normalized spacial score (nSPS) is 24.0. The van der Waals surface area contributed by atoms with Crippen LogP contribution in [0.4, 0.5) is 0 Å². The van der Waals surface area contributed by atoms with Gasteiger partial charge in [0.1, 0.15) is 5.54 Å². The molecule has 0 spiro atoms. The molecule has 0 aromatic heterocycles. The summed E-state index contributed by atoms with van der Waals surface area (Å²) in [5.41, 5.74) is 0.502. The van der Waals surface area contributed by atoms with Crippen LogP contribution in [0.5, 0.6) is 0 Å². The predicted molar refractivity (Wildman–Crippen MR) is 91.1 cm³/mol. The molecule has 1 aromatic rings. The fourth-order valence-electron chi connectivity index (χ4n) is 3.72. The van der Waals surface area contributed by atoms with E-state index in [4.69, 9.17) is 4.74 Å². The minimum atomic E-state index is -0.663. The number of rotatable bonds is 4. The highest BCUT2D eigenvalue weighted by Gasteiger charge is 2.35. The maximum absolute atomic E-state index is 12.6. The average molecular weight is 327 g/mol. The van der Waals surface area contributed by atoms with E-state index in [1.807, 2.05) is 18.2 Å². The van der Waals surface area contributed by atoms with Crippen molar-refractivity contribution in [1.29, 1.82) is 5.26 Å². The van der Waals surface area contributed by atoms with Crippen molar-refractivity contribution < 1.29 is 9.53 Å². The molecule has 2 fully saturated rings. The molecule has 24 heavy (non-hydrogen) atoms. The van der Waals surface area contributed by atoms with Crippen LogP contribution in [0.25, 0.3) is 0 Å². The molecular weight excluding hydrogens is 302 g/mol. The van der Waals surface area contributed by atoms with Crippen LogP contribution in [0, 0.1) is 11.3 Å². The van der Waals surface area contributed by atoms with Gasteiger partial charge in [0.2, 0.25) is 5.91 Å². The molecule has 128 valence electrons. The number of hydrogen-bond donors (Lipinski definition) is 1. The second-order valence-corrected chi connectivity index (χ2v) is 6.77. The molecule has 0 bridgehead atoms. The van der Waals surface area contributed by atoms with Crippen molar-refractivity contribution in [2.75, 3.05) is 26.3 Å². The third kappa shape index (κ3) is 3.95. The lowest BCUT2D eigenvalue weighted by molar-refractivity contribution is -0.126. The Morgan fingerprint density at radius 1 is 1.29 bits per heavy atom. The van der Waals surface area contributed by atoms with Gasteiger partial charge in [-0.2, -0.15) is 5.26 Å². The van der Waals surface area contributed by atoms with E-state index in [9.17, 15) is 10.1 Å². The number of carbonyl (C=O) groups excluding carboxylic acids is 1. The Kier molecular flexibility index (Phi) is 5.49. The summed E-state index contributed by atoms with van der Waals surface area (Å²) in [6, 6.07) is 12.6. The summed E-state index contributed by atoms with van der Waals surface area (Å²) in [4.78, 5) is 14.7. The molecule has 5 heteroatoms. The molecular formula is C19H25N3O2. The van der Waals surface area contributed by atoms with Gasteiger partial charge in [-0.25, -0.2) is 0 Å². The quantitative estimate of drug-likeness (QED) is 0.922. The SMILES string of the molecule is N#CC1(NC(=O)CN2CCOC[C@@H]2c2ccccc2)CCCCC1. The zero-order valence-corrected chi connectivity index (χ0v) is 14.0. The van der Waals surface area contributed by atoms with E-state index in [-0.39, 0.29) is 11.9 Å². The topological polar surface area (TPSA) is 65.4 Å². The number of amides is 1. The van der Waals surface area contributed by atoms with Crippen molar-refractivity contribution in [2.45, 2.75) is 43.7 Å². The van der Waals surface area contributed by atoms with Gasteiger partial charge in [0.15, 0.2) is 0 Å². The standard InChI is InChI=1S/C19H25N3O2/c20-15-19(9-5-2-6-10-19)21-18(23)13-22-11-12-24-14-17(22)16-7-3-1-4-8-16/h1,3-4,7-8,17H,2,5-6,9-14H2,(H,21,23)/t17-/m1/s1. The predicted octanol–water partition coefficient (Wildman–Crippen LogP) is 2.40. The van der Waals surface area contributed by atoms with Gasteiger partial charge < -0.3 is 10.1 Å². The van der Waals surface area contributed by atoms with Crippen molar-refractivity contribution in [3.63, 3.8) is 0 Å². The van der Waals surface area contributed by atoms with E-state index < -0.39 is 5.54 Å². The number of nitrogens with one attached hydrogen (secondary N) is 1. The maximum atomic E-state index is 12.6. The van der Waals surface area contributed by atoms with E-state index >= 15 is 0 Å². The summed E-state index contributed by atoms with van der Waals surface area (Å²) in [5.74, 6) is -0.0544. The lowest BCUT2D eigenvalue weighted by atomic mass is 9.83. The molecule has 0 unspecified atom stereocenters. The molecule has 1 aliphatic carbocycles. The number of carbonyl (C=O) groups is 1. The second kappa shape index (κ2) is 7.78. The van der Waals surface area contributed by atoms with Crippen molar-refractivity contribution in [2.24, 2.45) is 0 Å².